The molecule has 0 aliphatic heterocycles. The molecule has 2 N–H and O–H groups in total. The fourth-order valence-corrected chi connectivity index (χ4v) is 9.04. The quantitative estimate of drug-likeness (QED) is 0.0272. The summed E-state index contributed by atoms with van der Waals surface area (Å²) in [5.41, 5.74) is 0. The van der Waals surface area contributed by atoms with Crippen LogP contribution in [0.2, 0.25) is 0 Å². The van der Waals surface area contributed by atoms with Crippen molar-refractivity contribution in [2.75, 3.05) is 40.9 Å². The number of aliphatic hydroxyl groups is 1. The zero-order chi connectivity index (χ0) is 52.0. The Morgan fingerprint density at radius 1 is 0.507 bits per heavy atom. The summed E-state index contributed by atoms with van der Waals surface area (Å²) < 4.78 is 23.4. The number of nitrogens with zero attached hydrogens (tertiary/aromatic N) is 1. The standard InChI is InChI=1S/C62H113N2O6P/c1-6-8-10-12-14-16-18-20-22-24-26-27-28-29-30-31-32-33-34-35-36-37-38-40-42-44-46-48-50-52-54-56-62(66)63-60(59-70-71(67,68)69-58-57-64(3,4)5)61(65)55-53-51-49-47-45-43-41-39-25-23-21-19-17-15-13-11-9-7-2/h8,10,14,16,20,22,26-27,29-30,32-33,35-36,60-61,65H,6-7,9,11-13,15,17-19,21,23-25,28,31,34,37-59H2,1-5H3,(H-,63,66,67,68)/b10-8-,16-14-,22-20-,27-26-,30-29-,33-32-,36-35-. The van der Waals surface area contributed by atoms with E-state index in [1.807, 2.05) is 21.1 Å². The second-order valence-electron chi connectivity index (χ2n) is 21.0. The number of phosphoric acid groups is 1. The number of rotatable bonds is 53. The van der Waals surface area contributed by atoms with Gasteiger partial charge in [-0.15, -0.1) is 0 Å². The predicted molar refractivity (Wildman–Crippen MR) is 307 cm³/mol. The van der Waals surface area contributed by atoms with Gasteiger partial charge >= 0.3 is 0 Å². The molecule has 0 aliphatic rings. The van der Waals surface area contributed by atoms with Crippen LogP contribution in [0.15, 0.2) is 85.1 Å². The van der Waals surface area contributed by atoms with E-state index in [0.29, 0.717) is 23.9 Å². The molecule has 0 aromatic carbocycles. The Kier molecular flexibility index (Phi) is 50.8. The summed E-state index contributed by atoms with van der Waals surface area (Å²) in [7, 11) is 1.29. The Morgan fingerprint density at radius 2 is 0.859 bits per heavy atom. The number of phosphoric ester groups is 1. The van der Waals surface area contributed by atoms with Crippen molar-refractivity contribution < 1.29 is 32.9 Å². The number of aliphatic hydroxyl groups excluding tert-OH is 1. The minimum absolute atomic E-state index is 0.00754. The molecule has 3 unspecified atom stereocenters. The Bertz CT molecular complexity index is 1430. The van der Waals surface area contributed by atoms with Crippen molar-refractivity contribution in [2.24, 2.45) is 0 Å². The molecule has 0 bridgehead atoms. The molecule has 0 rings (SSSR count). The van der Waals surface area contributed by atoms with Crippen LogP contribution in [0.3, 0.4) is 0 Å². The first kappa shape index (κ1) is 68.7. The smallest absolute Gasteiger partial charge is 0.268 e. The van der Waals surface area contributed by atoms with Gasteiger partial charge in [0.05, 0.1) is 39.9 Å². The minimum Gasteiger partial charge on any atom is -0.756 e. The lowest BCUT2D eigenvalue weighted by atomic mass is 10.0. The van der Waals surface area contributed by atoms with Crippen LogP contribution in [0, 0.1) is 0 Å². The maximum atomic E-state index is 13.0. The molecule has 0 aromatic rings. The van der Waals surface area contributed by atoms with Gasteiger partial charge in [-0.1, -0.05) is 259 Å². The molecule has 0 saturated carbocycles. The Balaban J connectivity index is 4.17. The van der Waals surface area contributed by atoms with E-state index in [2.05, 4.69) is 104 Å². The number of carbonyl (C=O) groups is 1. The maximum absolute atomic E-state index is 13.0. The fourth-order valence-electron chi connectivity index (χ4n) is 8.32. The topological polar surface area (TPSA) is 108 Å². The van der Waals surface area contributed by atoms with E-state index >= 15 is 0 Å². The van der Waals surface area contributed by atoms with Crippen LogP contribution in [-0.2, 0) is 18.4 Å². The third-order valence-corrected chi connectivity index (χ3v) is 13.9. The molecular weight excluding hydrogens is 900 g/mol. The maximum Gasteiger partial charge on any atom is 0.268 e. The number of hydrogen-bond donors (Lipinski definition) is 2. The normalized spacial score (nSPS) is 14.5. The molecule has 412 valence electrons. The number of nitrogens with one attached hydrogen (secondary N) is 1. The SMILES string of the molecule is CC/C=C\C/C=C\C/C=C\C/C=C\C/C=C\C/C=C\C/C=C\CCCCCCCCCCCC(=O)NC(COP(=O)([O-])OCC[N+](C)(C)C)C(O)CCCCCCCCCCCCCCCCCCCC. The van der Waals surface area contributed by atoms with Crippen molar-refractivity contribution >= 4 is 13.7 Å². The average molecular weight is 1010 g/mol. The van der Waals surface area contributed by atoms with Crippen LogP contribution >= 0.6 is 7.82 Å². The molecule has 0 aromatic heterocycles. The third kappa shape index (κ3) is 55.3. The number of quaternary nitrogens is 1. The Morgan fingerprint density at radius 3 is 1.25 bits per heavy atom. The monoisotopic (exact) mass is 1010 g/mol. The first-order valence-electron chi connectivity index (χ1n) is 29.4. The lowest BCUT2D eigenvalue weighted by Gasteiger charge is -2.30. The highest BCUT2D eigenvalue weighted by Gasteiger charge is 2.24. The molecule has 0 radical (unpaired) electrons. The highest BCUT2D eigenvalue weighted by Crippen LogP contribution is 2.38. The molecule has 8 nitrogen and oxygen atoms in total. The van der Waals surface area contributed by atoms with Crippen LogP contribution < -0.4 is 10.2 Å². The van der Waals surface area contributed by atoms with Crippen molar-refractivity contribution in [1.82, 2.24) is 5.32 Å². The van der Waals surface area contributed by atoms with Crippen LogP contribution in [-0.4, -0.2) is 68.5 Å². The van der Waals surface area contributed by atoms with Gasteiger partial charge in [0.2, 0.25) is 5.91 Å². The Labute approximate surface area is 439 Å². The first-order chi connectivity index (χ1) is 34.5. The van der Waals surface area contributed by atoms with Crippen molar-refractivity contribution in [3.63, 3.8) is 0 Å². The predicted octanol–water partition coefficient (Wildman–Crippen LogP) is 17.4. The summed E-state index contributed by atoms with van der Waals surface area (Å²) >= 11 is 0. The number of likely N-dealkylation sites (N-methyl/N-ethyl adjacent to an activating group) is 1. The van der Waals surface area contributed by atoms with Gasteiger partial charge in [-0.2, -0.15) is 0 Å². The van der Waals surface area contributed by atoms with Crippen molar-refractivity contribution in [2.45, 2.75) is 264 Å². The molecule has 1 amide bonds. The van der Waals surface area contributed by atoms with Gasteiger partial charge in [0.15, 0.2) is 0 Å². The summed E-state index contributed by atoms with van der Waals surface area (Å²) in [6, 6.07) is -0.810. The van der Waals surface area contributed by atoms with Gasteiger partial charge in [-0.3, -0.25) is 9.36 Å². The van der Waals surface area contributed by atoms with E-state index < -0.39 is 20.0 Å². The van der Waals surface area contributed by atoms with E-state index in [9.17, 15) is 19.4 Å². The van der Waals surface area contributed by atoms with Gasteiger partial charge in [-0.05, 0) is 70.6 Å². The minimum atomic E-state index is -4.58. The van der Waals surface area contributed by atoms with E-state index in [4.69, 9.17) is 9.05 Å². The molecule has 3 atom stereocenters. The molecule has 0 heterocycles. The van der Waals surface area contributed by atoms with E-state index in [1.54, 1.807) is 0 Å². The molecule has 0 aliphatic carbocycles. The van der Waals surface area contributed by atoms with E-state index in [0.717, 1.165) is 89.9 Å². The molecule has 9 heteroatoms. The second kappa shape index (κ2) is 52.5. The summed E-state index contributed by atoms with van der Waals surface area (Å²) in [5.74, 6) is -0.173. The summed E-state index contributed by atoms with van der Waals surface area (Å²) in [6.07, 6.45) is 73.2. The largest absolute Gasteiger partial charge is 0.756 e. The van der Waals surface area contributed by atoms with Crippen molar-refractivity contribution in [1.29, 1.82) is 0 Å². The van der Waals surface area contributed by atoms with E-state index in [1.165, 1.54) is 135 Å². The third-order valence-electron chi connectivity index (χ3n) is 12.9. The fraction of sp³-hybridized carbons (Fsp3) is 0.758. The van der Waals surface area contributed by atoms with Gasteiger partial charge in [-0.25, -0.2) is 0 Å². The van der Waals surface area contributed by atoms with Crippen molar-refractivity contribution in [3.8, 4) is 0 Å². The van der Waals surface area contributed by atoms with Gasteiger partial charge in [0.25, 0.3) is 7.82 Å². The van der Waals surface area contributed by atoms with Crippen LogP contribution in [0.25, 0.3) is 0 Å². The summed E-state index contributed by atoms with van der Waals surface area (Å²) in [4.78, 5) is 25.5. The van der Waals surface area contributed by atoms with Gasteiger partial charge in [0.1, 0.15) is 13.2 Å². The van der Waals surface area contributed by atoms with Crippen LogP contribution in [0.5, 0.6) is 0 Å². The number of allylic oxidation sites excluding steroid dienone is 14. The molecule has 0 saturated heterocycles. The molecule has 0 fully saturated rings. The second-order valence-corrected chi connectivity index (χ2v) is 22.4. The highest BCUT2D eigenvalue weighted by atomic mass is 31.2. The van der Waals surface area contributed by atoms with Gasteiger partial charge < -0.3 is 28.8 Å². The molecule has 71 heavy (non-hydrogen) atoms. The summed E-state index contributed by atoms with van der Waals surface area (Å²) in [5, 5.41) is 14.0. The van der Waals surface area contributed by atoms with E-state index in [-0.39, 0.29) is 19.1 Å². The molecule has 0 spiro atoms. The lowest BCUT2D eigenvalue weighted by Crippen LogP contribution is -2.46. The van der Waals surface area contributed by atoms with Gasteiger partial charge in [0, 0.05) is 6.42 Å². The zero-order valence-electron chi connectivity index (χ0n) is 46.9. The van der Waals surface area contributed by atoms with Crippen molar-refractivity contribution in [3.05, 3.63) is 85.1 Å². The van der Waals surface area contributed by atoms with Crippen LogP contribution in [0.4, 0.5) is 0 Å². The highest BCUT2D eigenvalue weighted by molar-refractivity contribution is 7.45. The lowest BCUT2D eigenvalue weighted by molar-refractivity contribution is -0.870. The number of carbonyl (C=O) groups excluding carboxylic acids is 1. The number of amides is 1. The number of hydrogen-bond acceptors (Lipinski definition) is 6. The molecular formula is C62H113N2O6P. The Hall–Kier alpha value is -2.32. The zero-order valence-corrected chi connectivity index (χ0v) is 47.8. The summed E-state index contributed by atoms with van der Waals surface area (Å²) in [6.45, 7) is 4.61. The number of unbranched alkanes of at least 4 members (excludes halogenated alkanes) is 26. The van der Waals surface area contributed by atoms with Crippen LogP contribution in [0.1, 0.15) is 251 Å². The first-order valence-corrected chi connectivity index (χ1v) is 30.9. The average Bonchev–Trinajstić information content (AvgIpc) is 3.33.